The molecule has 2 nitrogen and oxygen atoms in total. The van der Waals surface area contributed by atoms with Crippen molar-refractivity contribution in [2.45, 2.75) is 19.8 Å². The van der Waals surface area contributed by atoms with Gasteiger partial charge in [0.1, 0.15) is 0 Å². The summed E-state index contributed by atoms with van der Waals surface area (Å²) >= 11 is 0. The van der Waals surface area contributed by atoms with E-state index in [1.807, 2.05) is 0 Å². The minimum absolute atomic E-state index is 0.0718. The summed E-state index contributed by atoms with van der Waals surface area (Å²) in [5.74, 6) is 0.470. The maximum atomic E-state index is 11.0. The first-order chi connectivity index (χ1) is 5.15. The number of carbonyl (C=O) groups excluding carboxylic acids is 1. The molecule has 0 aromatic heterocycles. The third kappa shape index (κ3) is 1.62. The number of hydrogen-bond acceptors (Lipinski definition) is 2. The van der Waals surface area contributed by atoms with Gasteiger partial charge < -0.3 is 4.74 Å². The van der Waals surface area contributed by atoms with E-state index in [4.69, 9.17) is 0 Å². The van der Waals surface area contributed by atoms with E-state index >= 15 is 0 Å². The van der Waals surface area contributed by atoms with Crippen LogP contribution < -0.4 is 0 Å². The summed E-state index contributed by atoms with van der Waals surface area (Å²) in [7, 11) is 1.44. The van der Waals surface area contributed by atoms with Crippen molar-refractivity contribution in [2.24, 2.45) is 11.8 Å². The summed E-state index contributed by atoms with van der Waals surface area (Å²) in [4.78, 5) is 11.0. The molecule has 0 heterocycles. The highest BCUT2D eigenvalue weighted by Gasteiger charge is 2.30. The van der Waals surface area contributed by atoms with E-state index in [9.17, 15) is 4.79 Å². The van der Waals surface area contributed by atoms with E-state index in [2.05, 4.69) is 18.2 Å². The van der Waals surface area contributed by atoms with Crippen LogP contribution >= 0.6 is 0 Å². The Hall–Kier alpha value is -0.790. The molecule has 1 rings (SSSR count). The molecule has 1 fully saturated rings. The first-order valence-corrected chi connectivity index (χ1v) is 3.90. The van der Waals surface area contributed by atoms with Gasteiger partial charge in [0.2, 0.25) is 0 Å². The van der Waals surface area contributed by atoms with Crippen LogP contribution in [0.1, 0.15) is 19.8 Å². The fourth-order valence-corrected chi connectivity index (χ4v) is 1.54. The number of carbonyl (C=O) groups is 1. The van der Waals surface area contributed by atoms with Gasteiger partial charge in [-0.05, 0) is 18.8 Å². The zero-order valence-electron chi connectivity index (χ0n) is 7.09. The van der Waals surface area contributed by atoms with Crippen molar-refractivity contribution < 1.29 is 9.53 Å². The summed E-state index contributed by atoms with van der Waals surface area (Å²) < 4.78 is 4.65. The first-order valence-electron chi connectivity index (χ1n) is 3.90. The van der Waals surface area contributed by atoms with Crippen molar-refractivity contribution in [3.05, 3.63) is 12.2 Å². The highest BCUT2D eigenvalue weighted by atomic mass is 16.5. The molecule has 2 heteroatoms. The van der Waals surface area contributed by atoms with Crippen LogP contribution in [0.2, 0.25) is 0 Å². The van der Waals surface area contributed by atoms with Gasteiger partial charge in [-0.15, -0.1) is 0 Å². The van der Waals surface area contributed by atoms with Crippen LogP contribution in [-0.2, 0) is 9.53 Å². The monoisotopic (exact) mass is 154 g/mol. The fraction of sp³-hybridized carbons (Fsp3) is 0.667. The molecular weight excluding hydrogens is 140 g/mol. The molecule has 1 aliphatic rings. The summed E-state index contributed by atoms with van der Waals surface area (Å²) in [5.41, 5.74) is 1.18. The Morgan fingerprint density at radius 1 is 1.73 bits per heavy atom. The fourth-order valence-electron chi connectivity index (χ4n) is 1.54. The standard InChI is InChI=1S/C9H14O2/c1-6-4-8(5-7(6)2)9(10)11-3/h7-8H,1,4-5H2,2-3H3/t7-,8+/m1/s1. The number of allylic oxidation sites excluding steroid dienone is 1. The molecule has 0 unspecified atom stereocenters. The van der Waals surface area contributed by atoms with Crippen molar-refractivity contribution >= 4 is 5.97 Å². The molecule has 0 radical (unpaired) electrons. The minimum atomic E-state index is -0.0875. The van der Waals surface area contributed by atoms with E-state index in [0.29, 0.717) is 5.92 Å². The number of ether oxygens (including phenoxy) is 1. The maximum absolute atomic E-state index is 11.0. The lowest BCUT2D eigenvalue weighted by Crippen LogP contribution is -2.12. The second-order valence-electron chi connectivity index (χ2n) is 3.22. The van der Waals surface area contributed by atoms with E-state index in [1.165, 1.54) is 12.7 Å². The molecule has 0 spiro atoms. The molecule has 0 aromatic rings. The molecule has 0 aromatic carbocycles. The quantitative estimate of drug-likeness (QED) is 0.425. The largest absolute Gasteiger partial charge is 0.469 e. The van der Waals surface area contributed by atoms with Crippen LogP contribution in [0, 0.1) is 11.8 Å². The van der Waals surface area contributed by atoms with Gasteiger partial charge in [-0.1, -0.05) is 19.1 Å². The maximum Gasteiger partial charge on any atom is 0.308 e. The van der Waals surface area contributed by atoms with Crippen molar-refractivity contribution in [3.63, 3.8) is 0 Å². The molecule has 2 atom stereocenters. The predicted octanol–water partition coefficient (Wildman–Crippen LogP) is 1.76. The molecule has 11 heavy (non-hydrogen) atoms. The molecule has 0 bridgehead atoms. The van der Waals surface area contributed by atoms with Crippen LogP contribution in [0.3, 0.4) is 0 Å². The van der Waals surface area contributed by atoms with Crippen molar-refractivity contribution in [2.75, 3.05) is 7.11 Å². The molecule has 0 N–H and O–H groups in total. The molecule has 62 valence electrons. The van der Waals surface area contributed by atoms with Gasteiger partial charge in [-0.25, -0.2) is 0 Å². The van der Waals surface area contributed by atoms with Crippen LogP contribution in [0.5, 0.6) is 0 Å². The lowest BCUT2D eigenvalue weighted by atomic mass is 10.1. The predicted molar refractivity (Wildman–Crippen MR) is 43.0 cm³/mol. The van der Waals surface area contributed by atoms with Crippen LogP contribution in [0.25, 0.3) is 0 Å². The zero-order valence-corrected chi connectivity index (χ0v) is 7.09. The zero-order chi connectivity index (χ0) is 8.43. The number of methoxy groups -OCH3 is 1. The average Bonchev–Trinajstić information content (AvgIpc) is 2.31. The summed E-state index contributed by atoms with van der Waals surface area (Å²) in [6.07, 6.45) is 1.72. The number of rotatable bonds is 1. The Morgan fingerprint density at radius 2 is 2.36 bits per heavy atom. The van der Waals surface area contributed by atoms with Crippen LogP contribution in [0.4, 0.5) is 0 Å². The lowest BCUT2D eigenvalue weighted by molar-refractivity contribution is -0.145. The minimum Gasteiger partial charge on any atom is -0.469 e. The van der Waals surface area contributed by atoms with Gasteiger partial charge in [0.15, 0.2) is 0 Å². The Balaban J connectivity index is 2.53. The highest BCUT2D eigenvalue weighted by Crippen LogP contribution is 2.34. The Kier molecular flexibility index (Phi) is 2.32. The van der Waals surface area contributed by atoms with Gasteiger partial charge in [-0.2, -0.15) is 0 Å². The Labute approximate surface area is 67.2 Å². The number of hydrogen-bond donors (Lipinski definition) is 0. The lowest BCUT2D eigenvalue weighted by Gasteiger charge is -2.04. The average molecular weight is 154 g/mol. The number of esters is 1. The first kappa shape index (κ1) is 8.31. The van der Waals surface area contributed by atoms with E-state index in [1.54, 1.807) is 0 Å². The Bertz CT molecular complexity index is 184. The van der Waals surface area contributed by atoms with Crippen molar-refractivity contribution in [1.82, 2.24) is 0 Å². The van der Waals surface area contributed by atoms with Gasteiger partial charge >= 0.3 is 5.97 Å². The van der Waals surface area contributed by atoms with Gasteiger partial charge in [0.25, 0.3) is 0 Å². The molecule has 1 aliphatic carbocycles. The third-order valence-corrected chi connectivity index (χ3v) is 2.38. The third-order valence-electron chi connectivity index (χ3n) is 2.38. The molecule has 0 amide bonds. The summed E-state index contributed by atoms with van der Waals surface area (Å²) in [6, 6.07) is 0. The van der Waals surface area contributed by atoms with Gasteiger partial charge in [0, 0.05) is 0 Å². The van der Waals surface area contributed by atoms with Gasteiger partial charge in [0.05, 0.1) is 13.0 Å². The molecular formula is C9H14O2. The van der Waals surface area contributed by atoms with Crippen LogP contribution in [-0.4, -0.2) is 13.1 Å². The van der Waals surface area contributed by atoms with Crippen molar-refractivity contribution in [3.8, 4) is 0 Å². The van der Waals surface area contributed by atoms with E-state index in [0.717, 1.165) is 12.8 Å². The normalized spacial score (nSPS) is 30.5. The second kappa shape index (κ2) is 3.07. The summed E-state index contributed by atoms with van der Waals surface area (Å²) in [5, 5.41) is 0. The van der Waals surface area contributed by atoms with Gasteiger partial charge in [-0.3, -0.25) is 4.79 Å². The van der Waals surface area contributed by atoms with E-state index in [-0.39, 0.29) is 11.9 Å². The van der Waals surface area contributed by atoms with E-state index < -0.39 is 0 Å². The van der Waals surface area contributed by atoms with Crippen molar-refractivity contribution in [1.29, 1.82) is 0 Å². The molecule has 0 aliphatic heterocycles. The topological polar surface area (TPSA) is 26.3 Å². The highest BCUT2D eigenvalue weighted by molar-refractivity contribution is 5.73. The second-order valence-corrected chi connectivity index (χ2v) is 3.22. The SMILES string of the molecule is C=C1C[C@H](C(=O)OC)C[C@H]1C. The smallest absolute Gasteiger partial charge is 0.308 e. The molecule has 1 saturated carbocycles. The molecule has 0 saturated heterocycles. The summed E-state index contributed by atoms with van der Waals surface area (Å²) in [6.45, 7) is 6.00. The van der Waals surface area contributed by atoms with Crippen LogP contribution in [0.15, 0.2) is 12.2 Å². The Morgan fingerprint density at radius 3 is 2.73 bits per heavy atom.